The maximum absolute atomic E-state index is 12.0. The summed E-state index contributed by atoms with van der Waals surface area (Å²) in [6, 6.07) is -0.555. The number of carbonyl (C=O) groups excluding carboxylic acids is 1. The lowest BCUT2D eigenvalue weighted by Gasteiger charge is -2.26. The molecule has 132 valence electrons. The van der Waals surface area contributed by atoms with E-state index >= 15 is 0 Å². The van der Waals surface area contributed by atoms with E-state index in [4.69, 9.17) is 9.26 Å². The molecule has 1 aromatic rings. The van der Waals surface area contributed by atoms with Gasteiger partial charge in [0, 0.05) is 5.41 Å². The Balaban J connectivity index is 2.77. The zero-order chi connectivity index (χ0) is 17.8. The van der Waals surface area contributed by atoms with Gasteiger partial charge in [0.15, 0.2) is 0 Å². The van der Waals surface area contributed by atoms with Gasteiger partial charge in [-0.05, 0) is 26.7 Å². The fraction of sp³-hybridized carbons (Fsp3) is 0.812. The SMILES string of the molecule is CC[C@H](NC(=O)OC(C)(C)CC)C(O)c1noc(C(C)(C)C)n1. The Morgan fingerprint density at radius 1 is 1.30 bits per heavy atom. The molecule has 0 saturated heterocycles. The molecule has 0 aliphatic carbocycles. The van der Waals surface area contributed by atoms with Gasteiger partial charge in [0.1, 0.15) is 11.7 Å². The third-order valence-corrected chi connectivity index (χ3v) is 3.69. The number of aliphatic hydroxyl groups excluding tert-OH is 1. The molecule has 0 bridgehead atoms. The van der Waals surface area contributed by atoms with Crippen molar-refractivity contribution in [3.63, 3.8) is 0 Å². The number of amides is 1. The minimum absolute atomic E-state index is 0.164. The molecule has 23 heavy (non-hydrogen) atoms. The molecule has 7 nitrogen and oxygen atoms in total. The molecular weight excluding hydrogens is 298 g/mol. The van der Waals surface area contributed by atoms with Gasteiger partial charge in [0.2, 0.25) is 11.7 Å². The Morgan fingerprint density at radius 2 is 1.91 bits per heavy atom. The van der Waals surface area contributed by atoms with Crippen LogP contribution < -0.4 is 5.32 Å². The number of hydrogen-bond acceptors (Lipinski definition) is 6. The van der Waals surface area contributed by atoms with E-state index in [9.17, 15) is 9.90 Å². The van der Waals surface area contributed by atoms with Crippen LogP contribution in [0.3, 0.4) is 0 Å². The molecule has 0 fully saturated rings. The zero-order valence-corrected chi connectivity index (χ0v) is 15.1. The lowest BCUT2D eigenvalue weighted by molar-refractivity contribution is 0.0268. The topological polar surface area (TPSA) is 97.5 Å². The highest BCUT2D eigenvalue weighted by Gasteiger charge is 2.30. The van der Waals surface area contributed by atoms with Crippen LogP contribution in [0.2, 0.25) is 0 Å². The molecule has 7 heteroatoms. The van der Waals surface area contributed by atoms with Crippen LogP contribution in [0.1, 0.15) is 79.1 Å². The van der Waals surface area contributed by atoms with Crippen LogP contribution in [-0.4, -0.2) is 33.0 Å². The number of alkyl carbamates (subject to hydrolysis) is 1. The van der Waals surface area contributed by atoms with E-state index in [-0.39, 0.29) is 11.2 Å². The van der Waals surface area contributed by atoms with Gasteiger partial charge in [-0.25, -0.2) is 4.79 Å². The quantitative estimate of drug-likeness (QED) is 0.833. The molecule has 1 aromatic heterocycles. The fourth-order valence-corrected chi connectivity index (χ4v) is 1.75. The predicted molar refractivity (Wildman–Crippen MR) is 86.0 cm³/mol. The predicted octanol–water partition coefficient (Wildman–Crippen LogP) is 3.09. The number of aliphatic hydroxyl groups is 1. The molecule has 0 aliphatic heterocycles. The fourth-order valence-electron chi connectivity index (χ4n) is 1.75. The van der Waals surface area contributed by atoms with Crippen molar-refractivity contribution in [1.29, 1.82) is 0 Å². The van der Waals surface area contributed by atoms with Gasteiger partial charge < -0.3 is 19.7 Å². The van der Waals surface area contributed by atoms with Crippen LogP contribution in [0.15, 0.2) is 4.52 Å². The Kier molecular flexibility index (Phi) is 6.16. The van der Waals surface area contributed by atoms with Crippen LogP contribution in [0, 0.1) is 0 Å². The first-order chi connectivity index (χ1) is 10.5. The van der Waals surface area contributed by atoms with Gasteiger partial charge >= 0.3 is 6.09 Å². The number of nitrogens with zero attached hydrogens (tertiary/aromatic N) is 2. The van der Waals surface area contributed by atoms with Crippen LogP contribution in [0.25, 0.3) is 0 Å². The van der Waals surface area contributed by atoms with Crippen LogP contribution in [-0.2, 0) is 10.2 Å². The Labute approximate surface area is 137 Å². The maximum atomic E-state index is 12.0. The van der Waals surface area contributed by atoms with E-state index < -0.39 is 23.8 Å². The summed E-state index contributed by atoms with van der Waals surface area (Å²) in [4.78, 5) is 16.2. The van der Waals surface area contributed by atoms with Crippen LogP contribution in [0.4, 0.5) is 4.79 Å². The summed E-state index contributed by atoms with van der Waals surface area (Å²) in [5.74, 6) is 0.605. The lowest BCUT2D eigenvalue weighted by atomic mass is 9.97. The van der Waals surface area contributed by atoms with E-state index in [0.29, 0.717) is 18.7 Å². The number of nitrogens with one attached hydrogen (secondary N) is 1. The van der Waals surface area contributed by atoms with Crippen molar-refractivity contribution < 1.29 is 19.2 Å². The summed E-state index contributed by atoms with van der Waals surface area (Å²) in [6.45, 7) is 13.3. The zero-order valence-electron chi connectivity index (χ0n) is 15.1. The average molecular weight is 327 g/mol. The van der Waals surface area contributed by atoms with Crippen molar-refractivity contribution >= 4 is 6.09 Å². The van der Waals surface area contributed by atoms with Crippen LogP contribution >= 0.6 is 0 Å². The molecule has 2 atom stereocenters. The summed E-state index contributed by atoms with van der Waals surface area (Å²) in [5.41, 5.74) is -0.858. The number of rotatable bonds is 6. The largest absolute Gasteiger partial charge is 0.444 e. The first-order valence-corrected chi connectivity index (χ1v) is 8.01. The van der Waals surface area contributed by atoms with Crippen molar-refractivity contribution in [3.8, 4) is 0 Å². The molecule has 1 unspecified atom stereocenters. The van der Waals surface area contributed by atoms with Crippen molar-refractivity contribution in [2.24, 2.45) is 0 Å². The monoisotopic (exact) mass is 327 g/mol. The van der Waals surface area contributed by atoms with E-state index in [0.717, 1.165) is 0 Å². The Morgan fingerprint density at radius 3 is 2.35 bits per heavy atom. The third-order valence-electron chi connectivity index (χ3n) is 3.69. The van der Waals surface area contributed by atoms with Gasteiger partial charge in [-0.3, -0.25) is 0 Å². The molecule has 0 radical (unpaired) electrons. The van der Waals surface area contributed by atoms with Gasteiger partial charge in [-0.1, -0.05) is 39.8 Å². The van der Waals surface area contributed by atoms with Crippen molar-refractivity contribution in [2.75, 3.05) is 0 Å². The second-order valence-electron chi connectivity index (χ2n) is 7.31. The molecule has 0 spiro atoms. The average Bonchev–Trinajstić information content (AvgIpc) is 2.93. The minimum Gasteiger partial charge on any atom is -0.444 e. The Hall–Kier alpha value is -1.63. The maximum Gasteiger partial charge on any atom is 0.407 e. The normalized spacial score (nSPS) is 15.1. The summed E-state index contributed by atoms with van der Waals surface area (Å²) in [6.07, 6.45) is -0.429. The number of ether oxygens (including phenoxy) is 1. The molecule has 0 saturated carbocycles. The highest BCUT2D eigenvalue weighted by Crippen LogP contribution is 2.23. The first-order valence-electron chi connectivity index (χ1n) is 8.01. The summed E-state index contributed by atoms with van der Waals surface area (Å²) >= 11 is 0. The van der Waals surface area contributed by atoms with E-state index in [1.807, 2.05) is 48.5 Å². The Bertz CT molecular complexity index is 520. The molecule has 0 aliphatic rings. The minimum atomic E-state index is -1.06. The lowest BCUT2D eigenvalue weighted by Crippen LogP contribution is -2.42. The van der Waals surface area contributed by atoms with Gasteiger partial charge in [-0.15, -0.1) is 0 Å². The molecular formula is C16H29N3O4. The highest BCUT2D eigenvalue weighted by atomic mass is 16.6. The molecule has 2 N–H and O–H groups in total. The summed E-state index contributed by atoms with van der Waals surface area (Å²) < 4.78 is 10.5. The summed E-state index contributed by atoms with van der Waals surface area (Å²) in [5, 5.41) is 16.9. The smallest absolute Gasteiger partial charge is 0.407 e. The van der Waals surface area contributed by atoms with Gasteiger partial charge in [0.05, 0.1) is 6.04 Å². The molecule has 0 aromatic carbocycles. The van der Waals surface area contributed by atoms with Crippen molar-refractivity contribution in [1.82, 2.24) is 15.5 Å². The van der Waals surface area contributed by atoms with Crippen molar-refractivity contribution in [2.45, 2.75) is 84.5 Å². The number of carbonyl (C=O) groups is 1. The van der Waals surface area contributed by atoms with Gasteiger partial charge in [0.25, 0.3) is 0 Å². The van der Waals surface area contributed by atoms with Gasteiger partial charge in [-0.2, -0.15) is 4.98 Å². The van der Waals surface area contributed by atoms with Crippen LogP contribution in [0.5, 0.6) is 0 Å². The number of hydrogen-bond donors (Lipinski definition) is 2. The van der Waals surface area contributed by atoms with E-state index in [2.05, 4.69) is 15.5 Å². The molecule has 1 rings (SSSR count). The second-order valence-corrected chi connectivity index (χ2v) is 7.31. The molecule has 1 amide bonds. The first kappa shape index (κ1) is 19.4. The highest BCUT2D eigenvalue weighted by molar-refractivity contribution is 5.68. The number of aromatic nitrogens is 2. The third kappa shape index (κ3) is 5.49. The van der Waals surface area contributed by atoms with E-state index in [1.165, 1.54) is 0 Å². The standard InChI is InChI=1S/C16H29N3O4/c1-8-10(17-14(21)22-16(6,7)9-2)11(20)12-18-13(23-19-12)15(3,4)5/h10-11,20H,8-9H2,1-7H3,(H,17,21)/t10-,11?/m0/s1. The second kappa shape index (κ2) is 7.29. The summed E-state index contributed by atoms with van der Waals surface area (Å²) in [7, 11) is 0. The van der Waals surface area contributed by atoms with Crippen molar-refractivity contribution in [3.05, 3.63) is 11.7 Å². The van der Waals surface area contributed by atoms with E-state index in [1.54, 1.807) is 0 Å². The molecule has 1 heterocycles.